The Kier molecular flexibility index (Phi) is 50.9. The van der Waals surface area contributed by atoms with Gasteiger partial charge in [0.05, 0.1) is 0 Å². The summed E-state index contributed by atoms with van der Waals surface area (Å²) < 4.78 is 0. The Morgan fingerprint density at radius 2 is 0.278 bits per heavy atom. The molecule has 0 bridgehead atoms. The Hall–Kier alpha value is -0.0400. The van der Waals surface area contributed by atoms with E-state index in [-0.39, 0.29) is 0 Å². The molecule has 0 saturated heterocycles. The van der Waals surface area contributed by atoms with Gasteiger partial charge in [-0.05, 0) is 33.0 Å². The first-order valence-corrected chi connectivity index (χ1v) is 26.5. The fourth-order valence-electron chi connectivity index (χ4n) is 8.80. The summed E-state index contributed by atoms with van der Waals surface area (Å²) >= 11 is 0. The third-order valence-electron chi connectivity index (χ3n) is 12.8. The Labute approximate surface area is 345 Å². The second-order valence-corrected chi connectivity index (χ2v) is 18.6. The van der Waals surface area contributed by atoms with Gasteiger partial charge in [-0.2, -0.15) is 0 Å². The molecule has 0 amide bonds. The highest BCUT2D eigenvalue weighted by Gasteiger charge is 2.01. The average Bonchev–Trinajstić information content (AvgIpc) is 3.18. The SMILES string of the molecule is CCCCCCCCCCCCCCCCCCCCCCCCCCN(C)CCCCCCCCCCCCCCCCCCCCCCCCCC. The standard InChI is InChI=1S/C53H109N/c1-4-6-8-10-12-14-16-18-20-22-24-26-28-30-32-34-36-38-40-42-44-46-48-50-52-54(3)53-51-49-47-45-43-41-39-37-35-33-31-29-27-25-23-21-19-17-15-13-11-9-7-5-2/h4-53H2,1-3H3. The van der Waals surface area contributed by atoms with Gasteiger partial charge in [-0.1, -0.05) is 309 Å². The van der Waals surface area contributed by atoms with Crippen LogP contribution in [-0.4, -0.2) is 25.0 Å². The molecule has 0 N–H and O–H groups in total. The normalized spacial score (nSPS) is 11.8. The molecule has 0 aromatic rings. The van der Waals surface area contributed by atoms with Crippen LogP contribution < -0.4 is 0 Å². The number of nitrogens with zero attached hydrogens (tertiary/aromatic N) is 1. The molecule has 0 fully saturated rings. The van der Waals surface area contributed by atoms with E-state index in [4.69, 9.17) is 0 Å². The van der Waals surface area contributed by atoms with E-state index in [1.54, 1.807) is 0 Å². The summed E-state index contributed by atoms with van der Waals surface area (Å²) in [7, 11) is 2.36. The van der Waals surface area contributed by atoms with Crippen LogP contribution in [0.3, 0.4) is 0 Å². The zero-order chi connectivity index (χ0) is 38.9. The summed E-state index contributed by atoms with van der Waals surface area (Å²) in [4.78, 5) is 2.61. The first-order valence-electron chi connectivity index (χ1n) is 26.5. The first-order chi connectivity index (χ1) is 26.8. The van der Waals surface area contributed by atoms with Crippen molar-refractivity contribution >= 4 is 0 Å². The summed E-state index contributed by atoms with van der Waals surface area (Å²) in [6.45, 7) is 7.26. The monoisotopic (exact) mass is 760 g/mol. The van der Waals surface area contributed by atoms with Crippen LogP contribution in [0.4, 0.5) is 0 Å². The first kappa shape index (κ1) is 54.0. The molecule has 0 spiro atoms. The number of hydrogen-bond donors (Lipinski definition) is 0. The lowest BCUT2D eigenvalue weighted by atomic mass is 10.0. The summed E-state index contributed by atoms with van der Waals surface area (Å²) in [6.07, 6.45) is 70.8. The van der Waals surface area contributed by atoms with E-state index < -0.39 is 0 Å². The van der Waals surface area contributed by atoms with E-state index in [1.807, 2.05) is 0 Å². The molecule has 0 rings (SSSR count). The Balaban J connectivity index is 3.14. The van der Waals surface area contributed by atoms with Gasteiger partial charge in [0.1, 0.15) is 0 Å². The lowest BCUT2D eigenvalue weighted by molar-refractivity contribution is 0.314. The van der Waals surface area contributed by atoms with E-state index in [0.717, 1.165) is 0 Å². The molecule has 0 aliphatic heterocycles. The Morgan fingerprint density at radius 3 is 0.407 bits per heavy atom. The van der Waals surface area contributed by atoms with E-state index >= 15 is 0 Å². The summed E-state index contributed by atoms with van der Waals surface area (Å²) in [5.74, 6) is 0. The maximum atomic E-state index is 2.61. The molecule has 1 nitrogen and oxygen atoms in total. The number of rotatable bonds is 50. The third kappa shape index (κ3) is 50.0. The van der Waals surface area contributed by atoms with E-state index in [9.17, 15) is 0 Å². The van der Waals surface area contributed by atoms with Crippen molar-refractivity contribution in [2.24, 2.45) is 0 Å². The van der Waals surface area contributed by atoms with E-state index in [2.05, 4.69) is 25.8 Å². The second kappa shape index (κ2) is 51.0. The number of hydrogen-bond acceptors (Lipinski definition) is 1. The van der Waals surface area contributed by atoms with Crippen LogP contribution in [0.2, 0.25) is 0 Å². The topological polar surface area (TPSA) is 3.24 Å². The van der Waals surface area contributed by atoms with Gasteiger partial charge in [-0.25, -0.2) is 0 Å². The molecule has 0 aromatic carbocycles. The van der Waals surface area contributed by atoms with Crippen LogP contribution in [0, 0.1) is 0 Å². The van der Waals surface area contributed by atoms with Gasteiger partial charge in [0.2, 0.25) is 0 Å². The molecule has 0 heterocycles. The average molecular weight is 760 g/mol. The van der Waals surface area contributed by atoms with Gasteiger partial charge in [0.25, 0.3) is 0 Å². The molecule has 0 saturated carbocycles. The highest BCUT2D eigenvalue weighted by molar-refractivity contribution is 4.56. The second-order valence-electron chi connectivity index (χ2n) is 18.6. The smallest absolute Gasteiger partial charge is 0.00218 e. The zero-order valence-electron chi connectivity index (χ0n) is 38.8. The fraction of sp³-hybridized carbons (Fsp3) is 1.00. The van der Waals surface area contributed by atoms with Gasteiger partial charge >= 0.3 is 0 Å². The molecule has 54 heavy (non-hydrogen) atoms. The van der Waals surface area contributed by atoms with Gasteiger partial charge in [-0.3, -0.25) is 0 Å². The molecule has 0 aliphatic rings. The number of unbranched alkanes of at least 4 members (excludes halogenated alkanes) is 46. The molecule has 326 valence electrons. The van der Waals surface area contributed by atoms with E-state index in [1.165, 1.54) is 321 Å². The van der Waals surface area contributed by atoms with Crippen LogP contribution in [0.1, 0.15) is 322 Å². The lowest BCUT2D eigenvalue weighted by Crippen LogP contribution is -2.20. The quantitative estimate of drug-likeness (QED) is 0.0558. The molecule has 0 radical (unpaired) electrons. The van der Waals surface area contributed by atoms with Crippen molar-refractivity contribution < 1.29 is 0 Å². The molecule has 0 aromatic heterocycles. The van der Waals surface area contributed by atoms with Crippen LogP contribution in [0.25, 0.3) is 0 Å². The van der Waals surface area contributed by atoms with E-state index in [0.29, 0.717) is 0 Å². The van der Waals surface area contributed by atoms with Crippen molar-refractivity contribution in [2.45, 2.75) is 322 Å². The van der Waals surface area contributed by atoms with Gasteiger partial charge in [0.15, 0.2) is 0 Å². The highest BCUT2D eigenvalue weighted by Crippen LogP contribution is 2.18. The van der Waals surface area contributed by atoms with Crippen LogP contribution in [0.5, 0.6) is 0 Å². The van der Waals surface area contributed by atoms with Crippen molar-refractivity contribution in [1.29, 1.82) is 0 Å². The van der Waals surface area contributed by atoms with Crippen molar-refractivity contribution in [1.82, 2.24) is 4.90 Å². The molecule has 0 unspecified atom stereocenters. The molecule has 0 atom stereocenters. The van der Waals surface area contributed by atoms with Crippen molar-refractivity contribution in [2.75, 3.05) is 20.1 Å². The minimum Gasteiger partial charge on any atom is -0.306 e. The summed E-state index contributed by atoms with van der Waals surface area (Å²) in [6, 6.07) is 0. The zero-order valence-corrected chi connectivity index (χ0v) is 38.8. The maximum Gasteiger partial charge on any atom is -0.00218 e. The minimum atomic E-state index is 1.32. The van der Waals surface area contributed by atoms with Crippen molar-refractivity contribution in [3.63, 3.8) is 0 Å². The summed E-state index contributed by atoms with van der Waals surface area (Å²) in [5.41, 5.74) is 0. The maximum absolute atomic E-state index is 2.61. The molecular formula is C53H109N. The van der Waals surface area contributed by atoms with Crippen LogP contribution in [0.15, 0.2) is 0 Å². The minimum absolute atomic E-state index is 1.32. The molecular weight excluding hydrogens is 651 g/mol. The molecule has 1 heteroatoms. The van der Waals surface area contributed by atoms with Gasteiger partial charge in [-0.15, -0.1) is 0 Å². The fourth-order valence-corrected chi connectivity index (χ4v) is 8.80. The predicted octanol–water partition coefficient (Wildman–Crippen LogP) is 19.7. The van der Waals surface area contributed by atoms with Crippen LogP contribution >= 0.6 is 0 Å². The largest absolute Gasteiger partial charge is 0.306 e. The Morgan fingerprint density at radius 1 is 0.167 bits per heavy atom. The predicted molar refractivity (Wildman–Crippen MR) is 250 cm³/mol. The molecule has 0 aliphatic carbocycles. The van der Waals surface area contributed by atoms with Gasteiger partial charge < -0.3 is 4.90 Å². The lowest BCUT2D eigenvalue weighted by Gasteiger charge is -2.16. The summed E-state index contributed by atoms with van der Waals surface area (Å²) in [5, 5.41) is 0. The highest BCUT2D eigenvalue weighted by atomic mass is 15.1. The Bertz CT molecular complexity index is 562. The van der Waals surface area contributed by atoms with Crippen molar-refractivity contribution in [3.8, 4) is 0 Å². The van der Waals surface area contributed by atoms with Crippen molar-refractivity contribution in [3.05, 3.63) is 0 Å². The van der Waals surface area contributed by atoms with Crippen LogP contribution in [-0.2, 0) is 0 Å². The third-order valence-corrected chi connectivity index (χ3v) is 12.8. The van der Waals surface area contributed by atoms with Gasteiger partial charge in [0, 0.05) is 0 Å².